The number of benzene rings is 2. The zero-order chi connectivity index (χ0) is 22.1. The molecule has 0 aliphatic rings. The second kappa shape index (κ2) is 11.0. The van der Waals surface area contributed by atoms with E-state index >= 15 is 0 Å². The van der Waals surface area contributed by atoms with Gasteiger partial charge >= 0.3 is 5.97 Å². The number of rotatable bonds is 11. The van der Waals surface area contributed by atoms with E-state index in [9.17, 15) is 4.79 Å². The van der Waals surface area contributed by atoms with Crippen molar-refractivity contribution < 1.29 is 23.9 Å². The molecule has 1 heterocycles. The largest absolute Gasteiger partial charge is 0.493 e. The molecule has 1 aromatic heterocycles. The summed E-state index contributed by atoms with van der Waals surface area (Å²) < 4.78 is 11.7. The van der Waals surface area contributed by atoms with Crippen molar-refractivity contribution in [2.45, 2.75) is 33.1 Å². The number of hydrogen-bond acceptors (Lipinski definition) is 6. The van der Waals surface area contributed by atoms with Gasteiger partial charge in [-0.3, -0.25) is 4.79 Å². The van der Waals surface area contributed by atoms with E-state index in [0.717, 1.165) is 22.6 Å². The van der Waals surface area contributed by atoms with Crippen LogP contribution in [0.15, 0.2) is 64.2 Å². The minimum Gasteiger partial charge on any atom is -0.493 e. The smallest absolute Gasteiger partial charge is 0.309 e. The van der Waals surface area contributed by atoms with Crippen molar-refractivity contribution in [1.29, 1.82) is 0 Å². The van der Waals surface area contributed by atoms with Crippen LogP contribution in [0.25, 0.3) is 11.5 Å². The van der Waals surface area contributed by atoms with Gasteiger partial charge in [-0.1, -0.05) is 35.5 Å². The summed E-state index contributed by atoms with van der Waals surface area (Å²) in [6.45, 7) is 4.53. The number of carboxylic acid groups (broad SMARTS) is 1. The lowest BCUT2D eigenvalue weighted by molar-refractivity contribution is -0.135. The van der Waals surface area contributed by atoms with Gasteiger partial charge in [-0.25, -0.2) is 4.98 Å². The van der Waals surface area contributed by atoms with E-state index in [2.05, 4.69) is 10.1 Å². The molecule has 0 saturated carbocycles. The Balaban J connectivity index is 1.59. The van der Waals surface area contributed by atoms with Gasteiger partial charge in [-0.05, 0) is 43.7 Å². The van der Waals surface area contributed by atoms with Crippen LogP contribution in [0.4, 0.5) is 0 Å². The highest BCUT2D eigenvalue weighted by Gasteiger charge is 2.12. The Labute approximate surface area is 181 Å². The fourth-order valence-corrected chi connectivity index (χ4v) is 3.07. The predicted molar refractivity (Wildman–Crippen MR) is 117 cm³/mol. The van der Waals surface area contributed by atoms with E-state index in [4.69, 9.17) is 19.1 Å². The molecule has 0 atom stereocenters. The van der Waals surface area contributed by atoms with Crippen LogP contribution in [-0.2, 0) is 22.5 Å². The zero-order valence-corrected chi connectivity index (χ0v) is 17.7. The van der Waals surface area contributed by atoms with Crippen LogP contribution in [0.1, 0.15) is 30.4 Å². The lowest BCUT2D eigenvalue weighted by Gasteiger charge is -2.08. The molecular formula is C24H26N2O5. The maximum atomic E-state index is 11.1. The summed E-state index contributed by atoms with van der Waals surface area (Å²) in [6, 6.07) is 17.3. The molecule has 2 aromatic carbocycles. The molecule has 0 fully saturated rings. The molecule has 1 N–H and O–H groups in total. The molecule has 7 heteroatoms. The number of carbonyl (C=O) groups is 1. The molecular weight excluding hydrogens is 396 g/mol. The predicted octanol–water partition coefficient (Wildman–Crippen LogP) is 4.68. The highest BCUT2D eigenvalue weighted by Crippen LogP contribution is 2.22. The van der Waals surface area contributed by atoms with Crippen LogP contribution < -0.4 is 4.74 Å². The number of carboxylic acids is 1. The lowest BCUT2D eigenvalue weighted by atomic mass is 10.1. The summed E-state index contributed by atoms with van der Waals surface area (Å²) in [5.74, 6) is 1.15. The van der Waals surface area contributed by atoms with E-state index in [1.165, 1.54) is 0 Å². The van der Waals surface area contributed by atoms with Crippen LogP contribution in [0.3, 0.4) is 0 Å². The normalized spacial score (nSPS) is 11.4. The van der Waals surface area contributed by atoms with E-state index < -0.39 is 5.97 Å². The second-order valence-electron chi connectivity index (χ2n) is 6.96. The van der Waals surface area contributed by atoms with Crippen LogP contribution >= 0.6 is 0 Å². The molecule has 31 heavy (non-hydrogen) atoms. The van der Waals surface area contributed by atoms with Crippen LogP contribution in [0.2, 0.25) is 0 Å². The van der Waals surface area contributed by atoms with Crippen LogP contribution in [-0.4, -0.2) is 35.0 Å². The molecule has 0 aliphatic carbocycles. The van der Waals surface area contributed by atoms with Gasteiger partial charge in [-0.2, -0.15) is 0 Å². The van der Waals surface area contributed by atoms with E-state index in [0.29, 0.717) is 43.4 Å². The average molecular weight is 422 g/mol. The number of oxime groups is 1. The van der Waals surface area contributed by atoms with Crippen molar-refractivity contribution in [2.75, 3.05) is 13.2 Å². The molecule has 0 unspecified atom stereocenters. The Morgan fingerprint density at radius 2 is 1.97 bits per heavy atom. The first-order valence-electron chi connectivity index (χ1n) is 10.2. The number of aryl methyl sites for hydroxylation is 1. The van der Waals surface area contributed by atoms with Crippen molar-refractivity contribution in [3.05, 3.63) is 71.6 Å². The van der Waals surface area contributed by atoms with E-state index in [1.807, 2.05) is 61.5 Å². The number of aliphatic carboxylic acids is 1. The van der Waals surface area contributed by atoms with Crippen LogP contribution in [0.5, 0.6) is 5.75 Å². The summed E-state index contributed by atoms with van der Waals surface area (Å²) in [6.07, 6.45) is 0.828. The van der Waals surface area contributed by atoms with Gasteiger partial charge in [0.1, 0.15) is 18.1 Å². The molecule has 0 bridgehead atoms. The standard InChI is InChI=1S/C24H26N2O5/c1-3-30-26-20(16-23(27)28)14-18-8-7-11-21(15-18)29-13-12-22-17(2)31-24(25-22)19-9-5-4-6-10-19/h4-11,15H,3,12-14,16H2,1-2H3,(H,27,28)/b26-20-. The summed E-state index contributed by atoms with van der Waals surface area (Å²) in [4.78, 5) is 20.7. The number of oxazole rings is 1. The zero-order valence-electron chi connectivity index (χ0n) is 17.7. The summed E-state index contributed by atoms with van der Waals surface area (Å²) >= 11 is 0. The molecule has 162 valence electrons. The average Bonchev–Trinajstić information content (AvgIpc) is 3.13. The molecule has 7 nitrogen and oxygen atoms in total. The van der Waals surface area contributed by atoms with Gasteiger partial charge < -0.3 is 19.1 Å². The van der Waals surface area contributed by atoms with Gasteiger partial charge in [0.2, 0.25) is 5.89 Å². The quantitative estimate of drug-likeness (QED) is 0.356. The first kappa shape index (κ1) is 22.1. The molecule has 0 aliphatic heterocycles. The second-order valence-corrected chi connectivity index (χ2v) is 6.96. The fourth-order valence-electron chi connectivity index (χ4n) is 3.07. The number of ether oxygens (including phenoxy) is 1. The topological polar surface area (TPSA) is 94.2 Å². The van der Waals surface area contributed by atoms with Crippen molar-refractivity contribution >= 4 is 11.7 Å². The summed E-state index contributed by atoms with van der Waals surface area (Å²) in [7, 11) is 0. The molecule has 3 aromatic rings. The first-order valence-corrected chi connectivity index (χ1v) is 10.2. The van der Waals surface area contributed by atoms with Crippen molar-refractivity contribution in [2.24, 2.45) is 5.16 Å². The Morgan fingerprint density at radius 3 is 2.71 bits per heavy atom. The SMILES string of the molecule is CCO/N=C(\CC(=O)O)Cc1cccc(OCCc2nc(-c3ccccc3)oc2C)c1. The molecule has 3 rings (SSSR count). The molecule has 0 amide bonds. The van der Waals surface area contributed by atoms with Gasteiger partial charge in [-0.15, -0.1) is 0 Å². The monoisotopic (exact) mass is 422 g/mol. The van der Waals surface area contributed by atoms with E-state index in [-0.39, 0.29) is 6.42 Å². The van der Waals surface area contributed by atoms with Crippen LogP contribution in [0, 0.1) is 6.92 Å². The van der Waals surface area contributed by atoms with Gasteiger partial charge in [0.05, 0.1) is 24.4 Å². The minimum atomic E-state index is -0.941. The maximum absolute atomic E-state index is 11.1. The number of aromatic nitrogens is 1. The summed E-state index contributed by atoms with van der Waals surface area (Å²) in [5.41, 5.74) is 3.17. The number of nitrogens with zero attached hydrogens (tertiary/aromatic N) is 2. The molecule has 0 radical (unpaired) electrons. The Bertz CT molecular complexity index is 1030. The lowest BCUT2D eigenvalue weighted by Crippen LogP contribution is -2.11. The third-order valence-electron chi connectivity index (χ3n) is 4.51. The summed E-state index contributed by atoms with van der Waals surface area (Å²) in [5, 5.41) is 13.0. The van der Waals surface area contributed by atoms with Crippen molar-refractivity contribution in [1.82, 2.24) is 4.98 Å². The highest BCUT2D eigenvalue weighted by atomic mass is 16.6. The first-order chi connectivity index (χ1) is 15.0. The van der Waals surface area contributed by atoms with Gasteiger partial charge in [0.25, 0.3) is 0 Å². The van der Waals surface area contributed by atoms with Crippen molar-refractivity contribution in [3.63, 3.8) is 0 Å². The molecule has 0 spiro atoms. The Hall–Kier alpha value is -3.61. The van der Waals surface area contributed by atoms with Crippen molar-refractivity contribution in [3.8, 4) is 17.2 Å². The highest BCUT2D eigenvalue weighted by molar-refractivity contribution is 5.99. The third-order valence-corrected chi connectivity index (χ3v) is 4.51. The van der Waals surface area contributed by atoms with E-state index in [1.54, 1.807) is 6.92 Å². The van der Waals surface area contributed by atoms with Gasteiger partial charge in [0, 0.05) is 18.4 Å². The maximum Gasteiger partial charge on any atom is 0.309 e. The molecule has 0 saturated heterocycles. The Kier molecular flexibility index (Phi) is 7.81. The fraction of sp³-hybridized carbons (Fsp3) is 0.292. The minimum absolute atomic E-state index is 0.166. The van der Waals surface area contributed by atoms with Gasteiger partial charge in [0.15, 0.2) is 0 Å². The number of hydrogen-bond donors (Lipinski definition) is 1. The Morgan fingerprint density at radius 1 is 1.16 bits per heavy atom. The third kappa shape index (κ3) is 6.70.